The predicted molar refractivity (Wildman–Crippen MR) is 96.9 cm³/mol. The van der Waals surface area contributed by atoms with Crippen molar-refractivity contribution in [3.8, 4) is 11.5 Å². The van der Waals surface area contributed by atoms with Gasteiger partial charge in [0.25, 0.3) is 0 Å². The van der Waals surface area contributed by atoms with Crippen LogP contribution in [-0.4, -0.2) is 30.3 Å². The second-order valence-corrected chi connectivity index (χ2v) is 6.90. The molecule has 0 aliphatic heterocycles. The van der Waals surface area contributed by atoms with Gasteiger partial charge in [-0.25, -0.2) is 9.37 Å². The standard InChI is InChI=1S/C18H14FN5O2S/c1-10-9-27-17(21-10)5-16(25)15-4-14(8-24-11(2)22-23-18(15)24)26-13-3-12(19)6-20-7-13/h3-4,6-9H,5H2,1-2H3. The molecule has 4 rings (SSSR count). The Kier molecular flexibility index (Phi) is 4.36. The van der Waals surface area contributed by atoms with Crippen molar-refractivity contribution in [2.24, 2.45) is 0 Å². The van der Waals surface area contributed by atoms with Crippen LogP contribution in [-0.2, 0) is 6.42 Å². The van der Waals surface area contributed by atoms with Crippen LogP contribution in [0, 0.1) is 19.7 Å². The van der Waals surface area contributed by atoms with Gasteiger partial charge in [-0.15, -0.1) is 21.5 Å². The quantitative estimate of drug-likeness (QED) is 0.490. The molecule has 0 aliphatic carbocycles. The molecule has 0 saturated heterocycles. The lowest BCUT2D eigenvalue weighted by Gasteiger charge is -2.09. The molecule has 0 bridgehead atoms. The van der Waals surface area contributed by atoms with Gasteiger partial charge in [-0.2, -0.15) is 0 Å². The number of halogens is 1. The van der Waals surface area contributed by atoms with E-state index in [2.05, 4.69) is 20.2 Å². The van der Waals surface area contributed by atoms with E-state index in [0.29, 0.717) is 22.8 Å². The van der Waals surface area contributed by atoms with Crippen molar-refractivity contribution in [1.29, 1.82) is 0 Å². The van der Waals surface area contributed by atoms with Gasteiger partial charge in [0.15, 0.2) is 11.4 Å². The van der Waals surface area contributed by atoms with Crippen LogP contribution in [0.3, 0.4) is 0 Å². The largest absolute Gasteiger partial charge is 0.454 e. The molecule has 0 saturated carbocycles. The van der Waals surface area contributed by atoms with E-state index in [1.165, 1.54) is 23.6 Å². The molecule has 4 heterocycles. The number of nitrogens with zero attached hydrogens (tertiary/aromatic N) is 5. The average Bonchev–Trinajstić information content (AvgIpc) is 3.20. The Bertz CT molecular complexity index is 1150. The highest BCUT2D eigenvalue weighted by molar-refractivity contribution is 7.09. The van der Waals surface area contributed by atoms with Crippen molar-refractivity contribution >= 4 is 22.8 Å². The molecule has 0 amide bonds. The number of hydrogen-bond acceptors (Lipinski definition) is 7. The fourth-order valence-corrected chi connectivity index (χ4v) is 3.41. The number of aromatic nitrogens is 5. The maximum atomic E-state index is 13.4. The molecule has 0 aliphatic rings. The first-order valence-electron chi connectivity index (χ1n) is 8.07. The lowest BCUT2D eigenvalue weighted by Crippen LogP contribution is -2.07. The number of ether oxygens (including phenoxy) is 1. The minimum Gasteiger partial charge on any atom is -0.454 e. The second kappa shape index (κ2) is 6.84. The Morgan fingerprint density at radius 2 is 2.07 bits per heavy atom. The van der Waals surface area contributed by atoms with Gasteiger partial charge in [0.2, 0.25) is 0 Å². The van der Waals surface area contributed by atoms with Crippen LogP contribution in [0.5, 0.6) is 11.5 Å². The average molecular weight is 383 g/mol. The minimum atomic E-state index is -0.510. The van der Waals surface area contributed by atoms with Crippen LogP contribution in [0.4, 0.5) is 4.39 Å². The summed E-state index contributed by atoms with van der Waals surface area (Å²) in [5.41, 5.74) is 1.68. The van der Waals surface area contributed by atoms with Gasteiger partial charge in [-0.3, -0.25) is 14.2 Å². The van der Waals surface area contributed by atoms with Gasteiger partial charge in [0.05, 0.1) is 30.6 Å². The monoisotopic (exact) mass is 383 g/mol. The summed E-state index contributed by atoms with van der Waals surface area (Å²) in [7, 11) is 0. The molecule has 0 atom stereocenters. The zero-order chi connectivity index (χ0) is 19.0. The van der Waals surface area contributed by atoms with Crippen molar-refractivity contribution in [3.63, 3.8) is 0 Å². The van der Waals surface area contributed by atoms with Crippen LogP contribution in [0.15, 0.2) is 36.1 Å². The van der Waals surface area contributed by atoms with E-state index in [1.807, 2.05) is 12.3 Å². The number of thiazole rings is 1. The number of carbonyl (C=O) groups is 1. The SMILES string of the molecule is Cc1csc(CC(=O)c2cc(Oc3cncc(F)c3)cn3c(C)nnc23)n1. The zero-order valence-corrected chi connectivity index (χ0v) is 15.3. The number of pyridine rings is 2. The molecule has 0 spiro atoms. The third-order valence-corrected chi connectivity index (χ3v) is 4.81. The van der Waals surface area contributed by atoms with E-state index in [0.717, 1.165) is 16.9 Å². The zero-order valence-electron chi connectivity index (χ0n) is 14.5. The molecule has 0 aromatic carbocycles. The number of hydrogen-bond donors (Lipinski definition) is 0. The highest BCUT2D eigenvalue weighted by Crippen LogP contribution is 2.26. The van der Waals surface area contributed by atoms with Crippen LogP contribution in [0.25, 0.3) is 5.65 Å². The fourth-order valence-electron chi connectivity index (χ4n) is 2.64. The molecular weight excluding hydrogens is 369 g/mol. The van der Waals surface area contributed by atoms with E-state index >= 15 is 0 Å². The number of carbonyl (C=O) groups excluding carboxylic acids is 1. The normalized spacial score (nSPS) is 11.1. The van der Waals surface area contributed by atoms with Crippen molar-refractivity contribution in [2.45, 2.75) is 20.3 Å². The summed E-state index contributed by atoms with van der Waals surface area (Å²) in [5, 5.41) is 10.8. The summed E-state index contributed by atoms with van der Waals surface area (Å²) in [5.74, 6) is 0.534. The van der Waals surface area contributed by atoms with E-state index in [1.54, 1.807) is 23.6 Å². The predicted octanol–water partition coefficient (Wildman–Crippen LogP) is 3.55. The van der Waals surface area contributed by atoms with Gasteiger partial charge in [0.1, 0.15) is 28.1 Å². The first kappa shape index (κ1) is 17.2. The Balaban J connectivity index is 1.73. The van der Waals surface area contributed by atoms with Crippen molar-refractivity contribution in [3.05, 3.63) is 64.0 Å². The van der Waals surface area contributed by atoms with E-state index in [-0.39, 0.29) is 18.0 Å². The second-order valence-electron chi connectivity index (χ2n) is 5.95. The Labute approximate surface area is 157 Å². The molecule has 0 N–H and O–H groups in total. The first-order valence-corrected chi connectivity index (χ1v) is 8.95. The molecule has 0 fully saturated rings. The molecule has 4 aromatic heterocycles. The van der Waals surface area contributed by atoms with Crippen LogP contribution < -0.4 is 4.74 Å². The molecule has 27 heavy (non-hydrogen) atoms. The number of fused-ring (bicyclic) bond motifs is 1. The highest BCUT2D eigenvalue weighted by atomic mass is 32.1. The lowest BCUT2D eigenvalue weighted by molar-refractivity contribution is 0.0993. The third kappa shape index (κ3) is 3.54. The van der Waals surface area contributed by atoms with E-state index in [4.69, 9.17) is 4.74 Å². The smallest absolute Gasteiger partial charge is 0.173 e. The third-order valence-electron chi connectivity index (χ3n) is 3.84. The Morgan fingerprint density at radius 1 is 1.22 bits per heavy atom. The summed E-state index contributed by atoms with van der Waals surface area (Å²) < 4.78 is 20.7. The maximum absolute atomic E-state index is 13.4. The Hall–Kier alpha value is -3.20. The highest BCUT2D eigenvalue weighted by Gasteiger charge is 2.18. The number of aryl methyl sites for hydroxylation is 2. The fraction of sp³-hybridized carbons (Fsp3) is 0.167. The van der Waals surface area contributed by atoms with Crippen molar-refractivity contribution < 1.29 is 13.9 Å². The lowest BCUT2D eigenvalue weighted by atomic mass is 10.1. The summed E-state index contributed by atoms with van der Waals surface area (Å²) in [6.45, 7) is 3.65. The van der Waals surface area contributed by atoms with Gasteiger partial charge < -0.3 is 4.74 Å². The van der Waals surface area contributed by atoms with E-state index < -0.39 is 5.82 Å². The molecule has 0 radical (unpaired) electrons. The van der Waals surface area contributed by atoms with Gasteiger partial charge in [0, 0.05) is 17.1 Å². The van der Waals surface area contributed by atoms with Crippen LogP contribution in [0.1, 0.15) is 26.9 Å². The first-order chi connectivity index (χ1) is 13.0. The molecule has 9 heteroatoms. The minimum absolute atomic E-state index is 0.149. The number of Topliss-reactive ketones (excluding diaryl/α,β-unsaturated/α-hetero) is 1. The number of rotatable bonds is 5. The molecule has 4 aromatic rings. The summed E-state index contributed by atoms with van der Waals surface area (Å²) >= 11 is 1.44. The van der Waals surface area contributed by atoms with Crippen LogP contribution in [0.2, 0.25) is 0 Å². The van der Waals surface area contributed by atoms with E-state index in [9.17, 15) is 9.18 Å². The van der Waals surface area contributed by atoms with Gasteiger partial charge >= 0.3 is 0 Å². The molecule has 136 valence electrons. The van der Waals surface area contributed by atoms with Gasteiger partial charge in [-0.1, -0.05) is 0 Å². The van der Waals surface area contributed by atoms with Gasteiger partial charge in [-0.05, 0) is 19.9 Å². The summed E-state index contributed by atoms with van der Waals surface area (Å²) in [4.78, 5) is 21.0. The van der Waals surface area contributed by atoms with Crippen molar-refractivity contribution in [2.75, 3.05) is 0 Å². The Morgan fingerprint density at radius 3 is 2.81 bits per heavy atom. The summed E-state index contributed by atoms with van der Waals surface area (Å²) in [6.07, 6.45) is 4.29. The topological polar surface area (TPSA) is 82.3 Å². The number of ketones is 1. The maximum Gasteiger partial charge on any atom is 0.173 e. The van der Waals surface area contributed by atoms with Crippen molar-refractivity contribution in [1.82, 2.24) is 24.6 Å². The molecular formula is C18H14FN5O2S. The van der Waals surface area contributed by atoms with Crippen LogP contribution >= 0.6 is 11.3 Å². The molecule has 0 unspecified atom stereocenters. The molecule has 7 nitrogen and oxygen atoms in total. The summed E-state index contributed by atoms with van der Waals surface area (Å²) in [6, 6.07) is 2.80.